The summed E-state index contributed by atoms with van der Waals surface area (Å²) in [5.74, 6) is 0. The lowest BCUT2D eigenvalue weighted by atomic mass is 10.1. The van der Waals surface area contributed by atoms with E-state index < -0.39 is 0 Å². The highest BCUT2D eigenvalue weighted by Gasteiger charge is 2.20. The maximum atomic E-state index is 5.65. The van der Waals surface area contributed by atoms with Crippen molar-refractivity contribution in [3.8, 4) is 0 Å². The number of unbranched alkanes of at least 4 members (excludes halogenated alkanes) is 1. The fourth-order valence-electron chi connectivity index (χ4n) is 3.47. The Hall–Kier alpha value is -1.49. The Bertz CT molecular complexity index is 613. The number of pyridine rings is 1. The molecule has 0 amide bonds. The van der Waals surface area contributed by atoms with Gasteiger partial charge < -0.3 is 11.1 Å². The van der Waals surface area contributed by atoms with Gasteiger partial charge in [-0.2, -0.15) is 0 Å². The van der Waals surface area contributed by atoms with E-state index in [0.717, 1.165) is 32.6 Å². The number of fused-ring (bicyclic) bond motifs is 1. The molecule has 0 aliphatic carbocycles. The van der Waals surface area contributed by atoms with Crippen LogP contribution in [0.15, 0.2) is 36.7 Å². The van der Waals surface area contributed by atoms with Gasteiger partial charge in [0.05, 0.1) is 0 Å². The topological polar surface area (TPSA) is 54.2 Å². The largest absolute Gasteiger partial charge is 0.330 e. The van der Waals surface area contributed by atoms with E-state index in [2.05, 4.69) is 39.5 Å². The number of benzene rings is 1. The van der Waals surface area contributed by atoms with Crippen LogP contribution < -0.4 is 11.1 Å². The van der Waals surface area contributed by atoms with Crippen LogP contribution in [-0.4, -0.2) is 42.1 Å². The van der Waals surface area contributed by atoms with Crippen molar-refractivity contribution in [3.05, 3.63) is 42.2 Å². The van der Waals surface area contributed by atoms with Crippen molar-refractivity contribution < 1.29 is 0 Å². The summed E-state index contributed by atoms with van der Waals surface area (Å²) in [4.78, 5) is 6.85. The minimum absolute atomic E-state index is 0.622. The fourth-order valence-corrected chi connectivity index (χ4v) is 3.47. The van der Waals surface area contributed by atoms with Gasteiger partial charge in [0.1, 0.15) is 0 Å². The molecule has 3 N–H and O–H groups in total. The molecule has 2 heterocycles. The third-order valence-electron chi connectivity index (χ3n) is 4.78. The molecule has 0 unspecified atom stereocenters. The predicted octanol–water partition coefficient (Wildman–Crippen LogP) is 2.53. The summed E-state index contributed by atoms with van der Waals surface area (Å²) in [7, 11) is 0. The second-order valence-corrected chi connectivity index (χ2v) is 6.52. The first-order valence-electron chi connectivity index (χ1n) is 8.84. The van der Waals surface area contributed by atoms with Crippen molar-refractivity contribution in [1.29, 1.82) is 0 Å². The van der Waals surface area contributed by atoms with Crippen LogP contribution >= 0.6 is 0 Å². The van der Waals surface area contributed by atoms with Gasteiger partial charge in [0.25, 0.3) is 0 Å². The van der Waals surface area contributed by atoms with Crippen molar-refractivity contribution in [2.75, 3.05) is 26.2 Å². The maximum Gasteiger partial charge on any atom is 0.0346 e. The van der Waals surface area contributed by atoms with E-state index in [1.54, 1.807) is 0 Å². The molecule has 2 aromatic rings. The SMILES string of the molecule is NCCCC[C@H]1CNCCCN1Cc1ccc2cnccc2c1. The van der Waals surface area contributed by atoms with Crippen molar-refractivity contribution in [3.63, 3.8) is 0 Å². The van der Waals surface area contributed by atoms with Crippen molar-refractivity contribution >= 4 is 10.8 Å². The number of nitrogens with two attached hydrogens (primary N) is 1. The van der Waals surface area contributed by atoms with Crippen LogP contribution in [0.5, 0.6) is 0 Å². The Morgan fingerprint density at radius 1 is 1.22 bits per heavy atom. The second-order valence-electron chi connectivity index (χ2n) is 6.52. The van der Waals surface area contributed by atoms with Gasteiger partial charge >= 0.3 is 0 Å². The summed E-state index contributed by atoms with van der Waals surface area (Å²) in [5, 5.41) is 6.09. The van der Waals surface area contributed by atoms with Gasteiger partial charge in [-0.1, -0.05) is 18.6 Å². The Morgan fingerprint density at radius 3 is 3.09 bits per heavy atom. The summed E-state index contributed by atoms with van der Waals surface area (Å²) in [5.41, 5.74) is 7.05. The number of hydrogen-bond acceptors (Lipinski definition) is 4. The lowest BCUT2D eigenvalue weighted by molar-refractivity contribution is 0.187. The van der Waals surface area contributed by atoms with E-state index in [0.29, 0.717) is 6.04 Å². The third-order valence-corrected chi connectivity index (χ3v) is 4.78. The van der Waals surface area contributed by atoms with E-state index in [-0.39, 0.29) is 0 Å². The lowest BCUT2D eigenvalue weighted by Gasteiger charge is -2.30. The van der Waals surface area contributed by atoms with Crippen molar-refractivity contribution in [2.24, 2.45) is 5.73 Å². The number of nitrogens with one attached hydrogen (secondary N) is 1. The predicted molar refractivity (Wildman–Crippen MR) is 96.3 cm³/mol. The summed E-state index contributed by atoms with van der Waals surface area (Å²) < 4.78 is 0. The molecular formula is C19H28N4. The first kappa shape index (κ1) is 16.4. The monoisotopic (exact) mass is 312 g/mol. The molecule has 0 saturated carbocycles. The first-order chi connectivity index (χ1) is 11.4. The molecule has 1 saturated heterocycles. The molecule has 3 rings (SSSR count). The highest BCUT2D eigenvalue weighted by atomic mass is 15.2. The van der Waals surface area contributed by atoms with Crippen LogP contribution in [0.25, 0.3) is 10.8 Å². The lowest BCUT2D eigenvalue weighted by Crippen LogP contribution is -2.39. The van der Waals surface area contributed by atoms with Crippen LogP contribution in [0.1, 0.15) is 31.2 Å². The molecule has 0 spiro atoms. The number of rotatable bonds is 6. The van der Waals surface area contributed by atoms with Gasteiger partial charge in [0.15, 0.2) is 0 Å². The summed E-state index contributed by atoms with van der Waals surface area (Å²) >= 11 is 0. The van der Waals surface area contributed by atoms with Crippen molar-refractivity contribution in [1.82, 2.24) is 15.2 Å². The molecule has 23 heavy (non-hydrogen) atoms. The number of hydrogen-bond donors (Lipinski definition) is 2. The van der Waals surface area contributed by atoms with E-state index in [1.807, 2.05) is 12.4 Å². The average molecular weight is 312 g/mol. The standard InChI is InChI=1S/C19H28N4/c20-8-2-1-4-19-14-21-9-3-11-23(19)15-16-5-6-18-13-22-10-7-17(18)12-16/h5-7,10,12-13,19,21H,1-4,8-9,11,14-15,20H2/t19-/m0/s1. The van der Waals surface area contributed by atoms with Crippen LogP contribution in [0, 0.1) is 0 Å². The molecule has 1 fully saturated rings. The Kier molecular flexibility index (Phi) is 5.97. The molecule has 4 nitrogen and oxygen atoms in total. The Morgan fingerprint density at radius 2 is 2.17 bits per heavy atom. The van der Waals surface area contributed by atoms with Crippen LogP contribution in [0.3, 0.4) is 0 Å². The van der Waals surface area contributed by atoms with Crippen LogP contribution in [0.4, 0.5) is 0 Å². The fraction of sp³-hybridized carbons (Fsp3) is 0.526. The molecule has 1 aliphatic heterocycles. The smallest absolute Gasteiger partial charge is 0.0346 e. The minimum Gasteiger partial charge on any atom is -0.330 e. The zero-order chi connectivity index (χ0) is 15.9. The van der Waals surface area contributed by atoms with Gasteiger partial charge in [-0.25, -0.2) is 0 Å². The van der Waals surface area contributed by atoms with E-state index in [4.69, 9.17) is 5.73 Å². The minimum atomic E-state index is 0.622. The summed E-state index contributed by atoms with van der Waals surface area (Å²) in [6.45, 7) is 5.25. The first-order valence-corrected chi connectivity index (χ1v) is 8.84. The van der Waals surface area contributed by atoms with E-state index in [9.17, 15) is 0 Å². The highest BCUT2D eigenvalue weighted by Crippen LogP contribution is 2.19. The molecule has 1 aromatic carbocycles. The third kappa shape index (κ3) is 4.50. The second kappa shape index (κ2) is 8.39. The molecule has 4 heteroatoms. The van der Waals surface area contributed by atoms with Gasteiger partial charge in [-0.05, 0) is 55.4 Å². The normalized spacial score (nSPS) is 19.8. The molecule has 0 radical (unpaired) electrons. The summed E-state index contributed by atoms with van der Waals surface area (Å²) in [6.07, 6.45) is 8.63. The van der Waals surface area contributed by atoms with Gasteiger partial charge in [0, 0.05) is 43.5 Å². The number of nitrogens with zero attached hydrogens (tertiary/aromatic N) is 2. The van der Waals surface area contributed by atoms with Crippen molar-refractivity contribution in [2.45, 2.75) is 38.3 Å². The molecule has 0 bridgehead atoms. The Balaban J connectivity index is 1.70. The van der Waals surface area contributed by atoms with Gasteiger partial charge in [-0.3, -0.25) is 9.88 Å². The van der Waals surface area contributed by atoms with Gasteiger partial charge in [0.2, 0.25) is 0 Å². The molecular weight excluding hydrogens is 284 g/mol. The highest BCUT2D eigenvalue weighted by molar-refractivity contribution is 5.81. The molecule has 1 aromatic heterocycles. The average Bonchev–Trinajstić information content (AvgIpc) is 2.80. The Labute approximate surface area is 139 Å². The zero-order valence-corrected chi connectivity index (χ0v) is 13.9. The zero-order valence-electron chi connectivity index (χ0n) is 13.9. The molecule has 124 valence electrons. The van der Waals surface area contributed by atoms with Crippen LogP contribution in [0.2, 0.25) is 0 Å². The van der Waals surface area contributed by atoms with Gasteiger partial charge in [-0.15, -0.1) is 0 Å². The molecule has 1 atom stereocenters. The van der Waals surface area contributed by atoms with E-state index in [1.165, 1.54) is 42.1 Å². The maximum absolute atomic E-state index is 5.65. The molecule has 1 aliphatic rings. The number of aromatic nitrogens is 1. The van der Waals surface area contributed by atoms with Crippen LogP contribution in [-0.2, 0) is 6.54 Å². The quantitative estimate of drug-likeness (QED) is 0.805. The van der Waals surface area contributed by atoms with E-state index >= 15 is 0 Å². The summed E-state index contributed by atoms with van der Waals surface area (Å²) in [6, 6.07) is 9.47.